The highest BCUT2D eigenvalue weighted by Gasteiger charge is 2.24. The Morgan fingerprint density at radius 3 is 2.33 bits per heavy atom. The predicted molar refractivity (Wildman–Crippen MR) is 76.9 cm³/mol. The van der Waals surface area contributed by atoms with E-state index in [4.69, 9.17) is 4.74 Å². The Morgan fingerprint density at radius 1 is 1.14 bits per heavy atom. The number of hydrogen-bond donors (Lipinski definition) is 0. The molecule has 21 heavy (non-hydrogen) atoms. The maximum absolute atomic E-state index is 12.6. The van der Waals surface area contributed by atoms with Gasteiger partial charge in [-0.05, 0) is 26.0 Å². The van der Waals surface area contributed by atoms with Gasteiger partial charge in [-0.2, -0.15) is 0 Å². The summed E-state index contributed by atoms with van der Waals surface area (Å²) in [5.41, 5.74) is 0.934. The zero-order chi connectivity index (χ0) is 15.6. The van der Waals surface area contributed by atoms with Crippen LogP contribution in [0.1, 0.15) is 18.1 Å². The SMILES string of the molecule is CC(=O)Oc1c(C)cnc(S(=O)(=O)c2ccccc2)c1C. The fraction of sp³-hybridized carbons (Fsp3) is 0.200. The molecule has 0 saturated carbocycles. The third-order valence-corrected chi connectivity index (χ3v) is 4.76. The maximum atomic E-state index is 12.6. The summed E-state index contributed by atoms with van der Waals surface area (Å²) in [5, 5.41) is -0.101. The molecule has 0 bridgehead atoms. The third kappa shape index (κ3) is 2.95. The molecule has 1 heterocycles. The second-order valence-electron chi connectivity index (χ2n) is 4.61. The second-order valence-corrected chi connectivity index (χ2v) is 6.48. The van der Waals surface area contributed by atoms with Gasteiger partial charge in [-0.15, -0.1) is 0 Å². The van der Waals surface area contributed by atoms with Gasteiger partial charge in [-0.1, -0.05) is 18.2 Å². The number of benzene rings is 1. The number of aryl methyl sites for hydroxylation is 1. The van der Waals surface area contributed by atoms with Crippen molar-refractivity contribution >= 4 is 15.8 Å². The molecule has 1 aromatic carbocycles. The monoisotopic (exact) mass is 305 g/mol. The van der Waals surface area contributed by atoms with Crippen molar-refractivity contribution < 1.29 is 17.9 Å². The van der Waals surface area contributed by atoms with Gasteiger partial charge in [0.15, 0.2) is 5.03 Å². The summed E-state index contributed by atoms with van der Waals surface area (Å²) in [4.78, 5) is 15.3. The summed E-state index contributed by atoms with van der Waals surface area (Å²) in [6, 6.07) is 8.02. The molecular weight excluding hydrogens is 290 g/mol. The van der Waals surface area contributed by atoms with Gasteiger partial charge in [-0.3, -0.25) is 4.79 Å². The van der Waals surface area contributed by atoms with Crippen molar-refractivity contribution in [2.24, 2.45) is 0 Å². The topological polar surface area (TPSA) is 73.3 Å². The Hall–Kier alpha value is -2.21. The minimum Gasteiger partial charge on any atom is -0.426 e. The first-order valence-corrected chi connectivity index (χ1v) is 7.77. The first-order valence-electron chi connectivity index (χ1n) is 6.29. The Bertz CT molecular complexity index is 783. The number of carbonyl (C=O) groups is 1. The number of pyridine rings is 1. The molecular formula is C15H15NO4S. The number of nitrogens with zero attached hydrogens (tertiary/aromatic N) is 1. The zero-order valence-electron chi connectivity index (χ0n) is 12.0. The quantitative estimate of drug-likeness (QED) is 0.814. The highest BCUT2D eigenvalue weighted by Crippen LogP contribution is 2.30. The van der Waals surface area contributed by atoms with Crippen LogP contribution < -0.4 is 4.74 Å². The summed E-state index contributed by atoms with van der Waals surface area (Å²) < 4.78 is 30.3. The molecule has 0 radical (unpaired) electrons. The van der Waals surface area contributed by atoms with Gasteiger partial charge in [0, 0.05) is 24.2 Å². The van der Waals surface area contributed by atoms with Gasteiger partial charge in [-0.25, -0.2) is 13.4 Å². The summed E-state index contributed by atoms with van der Waals surface area (Å²) >= 11 is 0. The van der Waals surface area contributed by atoms with E-state index in [9.17, 15) is 13.2 Å². The van der Waals surface area contributed by atoms with E-state index in [0.29, 0.717) is 11.1 Å². The lowest BCUT2D eigenvalue weighted by Crippen LogP contribution is -2.11. The molecule has 2 aromatic rings. The largest absolute Gasteiger partial charge is 0.426 e. The Balaban J connectivity index is 2.63. The average molecular weight is 305 g/mol. The summed E-state index contributed by atoms with van der Waals surface area (Å²) in [7, 11) is -3.75. The van der Waals surface area contributed by atoms with Gasteiger partial charge in [0.2, 0.25) is 9.84 Å². The van der Waals surface area contributed by atoms with Crippen LogP contribution >= 0.6 is 0 Å². The first-order chi connectivity index (χ1) is 9.84. The lowest BCUT2D eigenvalue weighted by atomic mass is 10.2. The van der Waals surface area contributed by atoms with E-state index in [1.165, 1.54) is 25.3 Å². The Labute approximate surface area is 123 Å². The fourth-order valence-corrected chi connectivity index (χ4v) is 3.41. The molecule has 0 saturated heterocycles. The van der Waals surface area contributed by atoms with E-state index in [1.807, 2.05) is 0 Å². The molecule has 5 nitrogen and oxygen atoms in total. The van der Waals surface area contributed by atoms with Crippen molar-refractivity contribution in [2.45, 2.75) is 30.7 Å². The highest BCUT2D eigenvalue weighted by molar-refractivity contribution is 7.91. The van der Waals surface area contributed by atoms with Crippen molar-refractivity contribution in [3.8, 4) is 5.75 Å². The van der Waals surface area contributed by atoms with E-state index in [-0.39, 0.29) is 15.7 Å². The molecule has 0 spiro atoms. The van der Waals surface area contributed by atoms with Crippen LogP contribution in [0.3, 0.4) is 0 Å². The van der Waals surface area contributed by atoms with E-state index < -0.39 is 15.8 Å². The average Bonchev–Trinajstić information content (AvgIpc) is 2.44. The van der Waals surface area contributed by atoms with Gasteiger partial charge >= 0.3 is 5.97 Å². The first kappa shape index (κ1) is 15.2. The molecule has 0 aliphatic heterocycles. The predicted octanol–water partition coefficient (Wildman–Crippen LogP) is 2.46. The normalized spacial score (nSPS) is 11.2. The Morgan fingerprint density at radius 2 is 1.76 bits per heavy atom. The molecule has 0 unspecified atom stereocenters. The van der Waals surface area contributed by atoms with Crippen molar-refractivity contribution in [3.05, 3.63) is 47.7 Å². The van der Waals surface area contributed by atoms with Crippen LogP contribution in [0.25, 0.3) is 0 Å². The molecule has 0 atom stereocenters. The van der Waals surface area contributed by atoms with E-state index in [2.05, 4.69) is 4.98 Å². The summed E-state index contributed by atoms with van der Waals surface area (Å²) in [5.74, 6) is -0.262. The molecule has 2 rings (SSSR count). The van der Waals surface area contributed by atoms with Crippen LogP contribution in [-0.2, 0) is 14.6 Å². The molecule has 110 valence electrons. The van der Waals surface area contributed by atoms with Gasteiger partial charge < -0.3 is 4.74 Å². The highest BCUT2D eigenvalue weighted by atomic mass is 32.2. The molecule has 0 amide bonds. The Kier molecular flexibility index (Phi) is 4.09. The summed E-state index contributed by atoms with van der Waals surface area (Å²) in [6.07, 6.45) is 1.39. The smallest absolute Gasteiger partial charge is 0.308 e. The second kappa shape index (κ2) is 5.65. The van der Waals surface area contributed by atoms with E-state index in [1.54, 1.807) is 32.0 Å². The van der Waals surface area contributed by atoms with Crippen molar-refractivity contribution in [3.63, 3.8) is 0 Å². The van der Waals surface area contributed by atoms with Gasteiger partial charge in [0.1, 0.15) is 5.75 Å². The van der Waals surface area contributed by atoms with Crippen LogP contribution in [0.5, 0.6) is 5.75 Å². The van der Waals surface area contributed by atoms with Gasteiger partial charge in [0.25, 0.3) is 0 Å². The fourth-order valence-electron chi connectivity index (χ4n) is 1.99. The number of rotatable bonds is 3. The van der Waals surface area contributed by atoms with E-state index in [0.717, 1.165) is 0 Å². The number of aromatic nitrogens is 1. The van der Waals surface area contributed by atoms with Crippen LogP contribution in [0.4, 0.5) is 0 Å². The third-order valence-electron chi connectivity index (χ3n) is 2.95. The maximum Gasteiger partial charge on any atom is 0.308 e. The lowest BCUT2D eigenvalue weighted by molar-refractivity contribution is -0.132. The van der Waals surface area contributed by atoms with Crippen molar-refractivity contribution in [2.75, 3.05) is 0 Å². The van der Waals surface area contributed by atoms with E-state index >= 15 is 0 Å². The number of ether oxygens (including phenoxy) is 1. The molecule has 0 aliphatic rings. The minimum absolute atomic E-state index is 0.101. The molecule has 1 aromatic heterocycles. The standard InChI is InChI=1S/C15H15NO4S/c1-10-9-16-15(11(2)14(10)20-12(3)17)21(18,19)13-7-5-4-6-8-13/h4-9H,1-3H3. The molecule has 0 N–H and O–H groups in total. The van der Waals surface area contributed by atoms with Crippen LogP contribution in [0, 0.1) is 13.8 Å². The molecule has 0 aliphatic carbocycles. The number of carbonyl (C=O) groups excluding carboxylic acids is 1. The molecule has 6 heteroatoms. The van der Waals surface area contributed by atoms with Gasteiger partial charge in [0.05, 0.1) is 4.90 Å². The number of hydrogen-bond acceptors (Lipinski definition) is 5. The molecule has 0 fully saturated rings. The lowest BCUT2D eigenvalue weighted by Gasteiger charge is -2.13. The minimum atomic E-state index is -3.75. The number of esters is 1. The van der Waals surface area contributed by atoms with Crippen LogP contribution in [0.2, 0.25) is 0 Å². The zero-order valence-corrected chi connectivity index (χ0v) is 12.8. The number of sulfone groups is 1. The van der Waals surface area contributed by atoms with Crippen LogP contribution in [0.15, 0.2) is 46.5 Å². The van der Waals surface area contributed by atoms with Crippen molar-refractivity contribution in [1.82, 2.24) is 4.98 Å². The van der Waals surface area contributed by atoms with Crippen LogP contribution in [-0.4, -0.2) is 19.4 Å². The van der Waals surface area contributed by atoms with Crippen molar-refractivity contribution in [1.29, 1.82) is 0 Å². The summed E-state index contributed by atoms with van der Waals surface area (Å²) in [6.45, 7) is 4.55.